The second-order valence-electron chi connectivity index (χ2n) is 6.12. The summed E-state index contributed by atoms with van der Waals surface area (Å²) in [5, 5.41) is 0.718. The summed E-state index contributed by atoms with van der Waals surface area (Å²) in [6, 6.07) is 28.7. The summed E-state index contributed by atoms with van der Waals surface area (Å²) in [5.41, 5.74) is 5.43. The molecule has 0 radical (unpaired) electrons. The average Bonchev–Trinajstić information content (AvgIpc) is 3.09. The van der Waals surface area contributed by atoms with Gasteiger partial charge in [0.05, 0.1) is 11.4 Å². The number of nitrogens with zero attached hydrogens (tertiary/aromatic N) is 2. The molecule has 0 bridgehead atoms. The van der Waals surface area contributed by atoms with Crippen molar-refractivity contribution in [1.82, 2.24) is 9.55 Å². The van der Waals surface area contributed by atoms with Gasteiger partial charge in [-0.15, -0.1) is 0 Å². The molecule has 0 aliphatic heterocycles. The predicted molar refractivity (Wildman–Crippen MR) is 109 cm³/mol. The van der Waals surface area contributed by atoms with Crippen molar-refractivity contribution in [2.75, 3.05) is 0 Å². The Labute approximate surface area is 158 Å². The Balaban J connectivity index is 2.02. The van der Waals surface area contributed by atoms with Crippen molar-refractivity contribution >= 4 is 11.6 Å². The molecule has 1 aromatic heterocycles. The van der Waals surface area contributed by atoms with E-state index >= 15 is 0 Å². The predicted octanol–water partition coefficient (Wildman–Crippen LogP) is 6.56. The number of benzene rings is 3. The zero-order chi connectivity index (χ0) is 17.9. The third kappa shape index (κ3) is 3.04. The van der Waals surface area contributed by atoms with Crippen molar-refractivity contribution in [2.45, 2.75) is 13.5 Å². The highest BCUT2D eigenvalue weighted by atomic mass is 35.5. The van der Waals surface area contributed by atoms with Crippen LogP contribution < -0.4 is 0 Å². The van der Waals surface area contributed by atoms with E-state index in [4.69, 9.17) is 16.6 Å². The van der Waals surface area contributed by atoms with Crippen LogP contribution in [-0.2, 0) is 6.54 Å². The lowest BCUT2D eigenvalue weighted by molar-refractivity contribution is 0.778. The van der Waals surface area contributed by atoms with Crippen LogP contribution in [0.25, 0.3) is 33.9 Å². The number of hydrogen-bond acceptors (Lipinski definition) is 1. The summed E-state index contributed by atoms with van der Waals surface area (Å²) in [4.78, 5) is 5.04. The first kappa shape index (κ1) is 16.6. The molecule has 0 fully saturated rings. The Bertz CT molecular complexity index is 1020. The zero-order valence-electron chi connectivity index (χ0n) is 14.6. The molecule has 3 aromatic carbocycles. The first-order valence-electron chi connectivity index (χ1n) is 8.75. The van der Waals surface area contributed by atoms with Gasteiger partial charge in [0.15, 0.2) is 0 Å². The number of hydrogen-bond donors (Lipinski definition) is 0. The van der Waals surface area contributed by atoms with E-state index in [2.05, 4.69) is 54.0 Å². The van der Waals surface area contributed by atoms with Gasteiger partial charge in [0.2, 0.25) is 0 Å². The van der Waals surface area contributed by atoms with Gasteiger partial charge in [0.1, 0.15) is 5.82 Å². The Kier molecular flexibility index (Phi) is 4.59. The lowest BCUT2D eigenvalue weighted by atomic mass is 10.0. The first-order valence-corrected chi connectivity index (χ1v) is 9.13. The summed E-state index contributed by atoms with van der Waals surface area (Å²) >= 11 is 6.23. The molecule has 0 unspecified atom stereocenters. The normalized spacial score (nSPS) is 10.8. The summed E-state index contributed by atoms with van der Waals surface area (Å²) in [6.07, 6.45) is 0. The highest BCUT2D eigenvalue weighted by Gasteiger charge is 2.20. The van der Waals surface area contributed by atoms with E-state index in [1.807, 2.05) is 42.5 Å². The minimum atomic E-state index is 0.718. The number of imidazole rings is 1. The van der Waals surface area contributed by atoms with E-state index in [9.17, 15) is 0 Å². The van der Waals surface area contributed by atoms with Crippen LogP contribution in [0.3, 0.4) is 0 Å². The van der Waals surface area contributed by atoms with Crippen LogP contribution >= 0.6 is 11.6 Å². The molecule has 0 aliphatic carbocycles. The molecule has 26 heavy (non-hydrogen) atoms. The number of aromatic nitrogens is 2. The van der Waals surface area contributed by atoms with Gasteiger partial charge in [0, 0.05) is 28.3 Å². The van der Waals surface area contributed by atoms with Gasteiger partial charge >= 0.3 is 0 Å². The molecule has 4 aromatic rings. The van der Waals surface area contributed by atoms with Crippen LogP contribution in [0.5, 0.6) is 0 Å². The smallest absolute Gasteiger partial charge is 0.141 e. The highest BCUT2D eigenvalue weighted by Crippen LogP contribution is 2.36. The maximum absolute atomic E-state index is 6.23. The molecule has 0 aliphatic rings. The van der Waals surface area contributed by atoms with Crippen molar-refractivity contribution in [3.05, 3.63) is 90.0 Å². The molecule has 0 atom stereocenters. The summed E-state index contributed by atoms with van der Waals surface area (Å²) < 4.78 is 2.27. The molecule has 0 amide bonds. The molecule has 3 heteroatoms. The third-order valence-corrected chi connectivity index (χ3v) is 4.70. The summed E-state index contributed by atoms with van der Waals surface area (Å²) in [6.45, 7) is 2.98. The number of rotatable bonds is 4. The fourth-order valence-corrected chi connectivity index (χ4v) is 3.48. The van der Waals surface area contributed by atoms with Crippen molar-refractivity contribution in [3.8, 4) is 33.9 Å². The van der Waals surface area contributed by atoms with Crippen LogP contribution in [0.4, 0.5) is 0 Å². The van der Waals surface area contributed by atoms with Crippen molar-refractivity contribution in [2.24, 2.45) is 0 Å². The van der Waals surface area contributed by atoms with E-state index in [1.165, 1.54) is 0 Å². The SMILES string of the molecule is CCn1c(-c2cccc(Cl)c2)nc(-c2ccccc2)c1-c1ccccc1. The van der Waals surface area contributed by atoms with Gasteiger partial charge in [0.25, 0.3) is 0 Å². The summed E-state index contributed by atoms with van der Waals surface area (Å²) in [5.74, 6) is 0.938. The first-order chi connectivity index (χ1) is 12.8. The monoisotopic (exact) mass is 358 g/mol. The molecule has 0 N–H and O–H groups in total. The van der Waals surface area contributed by atoms with Gasteiger partial charge in [-0.3, -0.25) is 0 Å². The fourth-order valence-electron chi connectivity index (χ4n) is 3.29. The van der Waals surface area contributed by atoms with Crippen LogP contribution in [0, 0.1) is 0 Å². The van der Waals surface area contributed by atoms with E-state index in [0.29, 0.717) is 0 Å². The molecular formula is C23H19ClN2. The van der Waals surface area contributed by atoms with Gasteiger partial charge in [-0.2, -0.15) is 0 Å². The Morgan fingerprint density at radius 1 is 0.769 bits per heavy atom. The van der Waals surface area contributed by atoms with Crippen molar-refractivity contribution < 1.29 is 0 Å². The molecule has 0 saturated carbocycles. The zero-order valence-corrected chi connectivity index (χ0v) is 15.3. The molecule has 1 heterocycles. The van der Waals surface area contributed by atoms with Gasteiger partial charge in [-0.05, 0) is 19.1 Å². The minimum absolute atomic E-state index is 0.718. The second-order valence-corrected chi connectivity index (χ2v) is 6.56. The van der Waals surface area contributed by atoms with E-state index < -0.39 is 0 Å². The van der Waals surface area contributed by atoms with Crippen LogP contribution in [0.2, 0.25) is 5.02 Å². The van der Waals surface area contributed by atoms with Crippen LogP contribution in [0.1, 0.15) is 6.92 Å². The largest absolute Gasteiger partial charge is 0.324 e. The Morgan fingerprint density at radius 2 is 1.38 bits per heavy atom. The summed E-state index contributed by atoms with van der Waals surface area (Å²) in [7, 11) is 0. The Hall–Kier alpha value is -2.84. The fraction of sp³-hybridized carbons (Fsp3) is 0.0870. The molecule has 2 nitrogen and oxygen atoms in total. The topological polar surface area (TPSA) is 17.8 Å². The van der Waals surface area contributed by atoms with Crippen molar-refractivity contribution in [3.63, 3.8) is 0 Å². The maximum Gasteiger partial charge on any atom is 0.141 e. The molecule has 0 spiro atoms. The lowest BCUT2D eigenvalue weighted by Gasteiger charge is -2.11. The second kappa shape index (κ2) is 7.19. The van der Waals surface area contributed by atoms with Crippen LogP contribution in [-0.4, -0.2) is 9.55 Å². The van der Waals surface area contributed by atoms with Gasteiger partial charge in [-0.25, -0.2) is 4.98 Å². The Morgan fingerprint density at radius 3 is 2.00 bits per heavy atom. The molecule has 0 saturated heterocycles. The van der Waals surface area contributed by atoms with Gasteiger partial charge in [-0.1, -0.05) is 84.4 Å². The number of halogens is 1. The average molecular weight is 359 g/mol. The van der Waals surface area contributed by atoms with Crippen molar-refractivity contribution in [1.29, 1.82) is 0 Å². The van der Waals surface area contributed by atoms with Gasteiger partial charge < -0.3 is 4.57 Å². The molecular weight excluding hydrogens is 340 g/mol. The third-order valence-electron chi connectivity index (χ3n) is 4.46. The highest BCUT2D eigenvalue weighted by molar-refractivity contribution is 6.30. The molecule has 128 valence electrons. The van der Waals surface area contributed by atoms with Crippen LogP contribution in [0.15, 0.2) is 84.9 Å². The van der Waals surface area contributed by atoms with E-state index in [-0.39, 0.29) is 0 Å². The van der Waals surface area contributed by atoms with E-state index in [0.717, 1.165) is 45.5 Å². The maximum atomic E-state index is 6.23. The quantitative estimate of drug-likeness (QED) is 0.404. The standard InChI is InChI=1S/C23H19ClN2/c1-2-26-22(18-12-7-4-8-13-18)21(17-10-5-3-6-11-17)25-23(26)19-14-9-15-20(24)16-19/h3-16H,2H2,1H3. The minimum Gasteiger partial charge on any atom is -0.324 e. The lowest BCUT2D eigenvalue weighted by Crippen LogP contribution is -2.00. The molecule has 4 rings (SSSR count). The van der Waals surface area contributed by atoms with E-state index in [1.54, 1.807) is 0 Å².